The molecule has 0 aromatic carbocycles. The van der Waals surface area contributed by atoms with Crippen molar-refractivity contribution in [1.29, 1.82) is 0 Å². The van der Waals surface area contributed by atoms with Crippen molar-refractivity contribution >= 4 is 5.69 Å². The highest BCUT2D eigenvalue weighted by Gasteiger charge is 2.11. The van der Waals surface area contributed by atoms with Crippen molar-refractivity contribution in [1.82, 2.24) is 14.9 Å². The summed E-state index contributed by atoms with van der Waals surface area (Å²) >= 11 is 0. The van der Waals surface area contributed by atoms with Crippen LogP contribution in [0.1, 0.15) is 6.92 Å². The Bertz CT molecular complexity index is 404. The molecule has 0 saturated heterocycles. The zero-order valence-corrected chi connectivity index (χ0v) is 7.27. The molecule has 5 nitrogen and oxygen atoms in total. The van der Waals surface area contributed by atoms with Crippen LogP contribution < -0.4 is 5.73 Å². The molecule has 0 radical (unpaired) electrons. The van der Waals surface area contributed by atoms with Crippen LogP contribution in [-0.2, 0) is 6.54 Å². The van der Waals surface area contributed by atoms with E-state index in [4.69, 9.17) is 10.3 Å². The molecule has 2 N–H and O–H groups in total. The second kappa shape index (κ2) is 2.93. The summed E-state index contributed by atoms with van der Waals surface area (Å²) in [6.45, 7) is 2.78. The fourth-order valence-electron chi connectivity index (χ4n) is 1.22. The van der Waals surface area contributed by atoms with Gasteiger partial charge >= 0.3 is 0 Å². The Morgan fingerprint density at radius 1 is 1.62 bits per heavy atom. The first-order valence-electron chi connectivity index (χ1n) is 4.05. The minimum atomic E-state index is 0.537. The molecule has 5 heteroatoms. The number of aromatic nitrogens is 3. The van der Waals surface area contributed by atoms with E-state index < -0.39 is 0 Å². The molecular formula is C8H10N4O. The van der Waals surface area contributed by atoms with E-state index in [0.29, 0.717) is 11.4 Å². The van der Waals surface area contributed by atoms with E-state index in [-0.39, 0.29) is 0 Å². The van der Waals surface area contributed by atoms with E-state index in [1.807, 2.05) is 13.0 Å². The minimum Gasteiger partial charge on any atom is -0.394 e. The van der Waals surface area contributed by atoms with Crippen molar-refractivity contribution in [3.8, 4) is 11.5 Å². The van der Waals surface area contributed by atoms with Crippen LogP contribution in [-0.4, -0.2) is 14.9 Å². The van der Waals surface area contributed by atoms with E-state index in [1.54, 1.807) is 10.9 Å². The van der Waals surface area contributed by atoms with Crippen LogP contribution in [0.25, 0.3) is 11.5 Å². The Balaban J connectivity index is 2.52. The number of aryl methyl sites for hydroxylation is 1. The molecule has 0 saturated carbocycles. The second-order valence-electron chi connectivity index (χ2n) is 2.64. The van der Waals surface area contributed by atoms with Gasteiger partial charge in [0.05, 0.1) is 6.20 Å². The first kappa shape index (κ1) is 7.85. The Kier molecular flexibility index (Phi) is 1.77. The highest BCUT2D eigenvalue weighted by molar-refractivity contribution is 5.66. The molecule has 2 aromatic heterocycles. The monoisotopic (exact) mass is 178 g/mol. The summed E-state index contributed by atoms with van der Waals surface area (Å²) in [5.74, 6) is 0.583. The molecule has 13 heavy (non-hydrogen) atoms. The van der Waals surface area contributed by atoms with E-state index in [2.05, 4.69) is 10.3 Å². The average molecular weight is 178 g/mol. The van der Waals surface area contributed by atoms with Gasteiger partial charge < -0.3 is 10.3 Å². The third-order valence-corrected chi connectivity index (χ3v) is 1.85. The van der Waals surface area contributed by atoms with Gasteiger partial charge in [0.1, 0.15) is 11.4 Å². The Morgan fingerprint density at radius 3 is 3.08 bits per heavy atom. The predicted molar refractivity (Wildman–Crippen MR) is 47.8 cm³/mol. The van der Waals surface area contributed by atoms with E-state index in [9.17, 15) is 0 Å². The molecule has 0 aliphatic heterocycles. The third kappa shape index (κ3) is 1.18. The van der Waals surface area contributed by atoms with Gasteiger partial charge in [-0.15, -0.1) is 0 Å². The first-order valence-corrected chi connectivity index (χ1v) is 4.05. The standard InChI is InChI=1S/C8H10N4O/c1-2-12-7(3-4-10-12)8-6(9)5-11-13-8/h3-5H,2,9H2,1H3. The molecule has 2 aromatic rings. The molecule has 2 heterocycles. The second-order valence-corrected chi connectivity index (χ2v) is 2.64. The lowest BCUT2D eigenvalue weighted by Gasteiger charge is -2.00. The SMILES string of the molecule is CCn1nccc1-c1oncc1N. The van der Waals surface area contributed by atoms with Crippen LogP contribution in [0.15, 0.2) is 23.0 Å². The number of rotatable bonds is 2. The number of hydrogen-bond donors (Lipinski definition) is 1. The molecule has 68 valence electrons. The van der Waals surface area contributed by atoms with Crippen LogP contribution in [0.2, 0.25) is 0 Å². The van der Waals surface area contributed by atoms with Crippen LogP contribution in [0, 0.1) is 0 Å². The molecular weight excluding hydrogens is 168 g/mol. The number of nitrogen functional groups attached to an aromatic ring is 1. The molecule has 0 spiro atoms. The molecule has 0 amide bonds. The summed E-state index contributed by atoms with van der Waals surface area (Å²) in [4.78, 5) is 0. The van der Waals surface area contributed by atoms with Gasteiger partial charge in [-0.2, -0.15) is 5.10 Å². The highest BCUT2D eigenvalue weighted by Crippen LogP contribution is 2.24. The van der Waals surface area contributed by atoms with Crippen molar-refractivity contribution in [2.24, 2.45) is 0 Å². The van der Waals surface area contributed by atoms with Crippen molar-refractivity contribution < 1.29 is 4.52 Å². The van der Waals surface area contributed by atoms with Crippen LogP contribution in [0.5, 0.6) is 0 Å². The summed E-state index contributed by atoms with van der Waals surface area (Å²) in [6.07, 6.45) is 3.20. The van der Waals surface area contributed by atoms with Gasteiger partial charge in [0.2, 0.25) is 5.76 Å². The maximum atomic E-state index is 5.66. The Morgan fingerprint density at radius 2 is 2.46 bits per heavy atom. The van der Waals surface area contributed by atoms with Crippen LogP contribution in [0.3, 0.4) is 0 Å². The van der Waals surface area contributed by atoms with Gasteiger partial charge in [-0.1, -0.05) is 5.16 Å². The summed E-state index contributed by atoms with van der Waals surface area (Å²) in [5.41, 5.74) is 7.05. The average Bonchev–Trinajstić information content (AvgIpc) is 2.71. The predicted octanol–water partition coefficient (Wildman–Crippen LogP) is 1.14. The number of nitrogens with two attached hydrogens (primary N) is 1. The molecule has 0 fully saturated rings. The molecule has 2 rings (SSSR count). The third-order valence-electron chi connectivity index (χ3n) is 1.85. The number of hydrogen-bond acceptors (Lipinski definition) is 4. The number of anilines is 1. The summed E-state index contributed by atoms with van der Waals surface area (Å²) in [7, 11) is 0. The maximum absolute atomic E-state index is 5.66. The van der Waals surface area contributed by atoms with Crippen molar-refractivity contribution in [2.45, 2.75) is 13.5 Å². The zero-order valence-electron chi connectivity index (χ0n) is 7.27. The van der Waals surface area contributed by atoms with Crippen LogP contribution >= 0.6 is 0 Å². The van der Waals surface area contributed by atoms with Crippen molar-refractivity contribution in [3.63, 3.8) is 0 Å². The van der Waals surface area contributed by atoms with Crippen LogP contribution in [0.4, 0.5) is 5.69 Å². The quantitative estimate of drug-likeness (QED) is 0.748. The largest absolute Gasteiger partial charge is 0.394 e. The lowest BCUT2D eigenvalue weighted by atomic mass is 10.3. The molecule has 0 bridgehead atoms. The van der Waals surface area contributed by atoms with E-state index in [0.717, 1.165) is 12.2 Å². The number of nitrogens with zero attached hydrogens (tertiary/aromatic N) is 3. The smallest absolute Gasteiger partial charge is 0.207 e. The Hall–Kier alpha value is -1.78. The van der Waals surface area contributed by atoms with Gasteiger partial charge in [-0.05, 0) is 13.0 Å². The van der Waals surface area contributed by atoms with E-state index in [1.165, 1.54) is 6.20 Å². The van der Waals surface area contributed by atoms with Gasteiger partial charge in [0, 0.05) is 12.7 Å². The minimum absolute atomic E-state index is 0.537. The van der Waals surface area contributed by atoms with E-state index >= 15 is 0 Å². The fraction of sp³-hybridized carbons (Fsp3) is 0.250. The van der Waals surface area contributed by atoms with Gasteiger partial charge in [-0.3, -0.25) is 4.68 Å². The van der Waals surface area contributed by atoms with Crippen molar-refractivity contribution in [3.05, 3.63) is 18.5 Å². The lowest BCUT2D eigenvalue weighted by Crippen LogP contribution is -1.99. The lowest BCUT2D eigenvalue weighted by molar-refractivity contribution is 0.428. The molecule has 0 aliphatic carbocycles. The maximum Gasteiger partial charge on any atom is 0.207 e. The van der Waals surface area contributed by atoms with Gasteiger partial charge in [0.25, 0.3) is 0 Å². The topological polar surface area (TPSA) is 69.9 Å². The normalized spacial score (nSPS) is 10.5. The molecule has 0 unspecified atom stereocenters. The summed E-state index contributed by atoms with van der Waals surface area (Å²) in [6, 6.07) is 1.85. The summed E-state index contributed by atoms with van der Waals surface area (Å²) in [5, 5.41) is 7.72. The zero-order chi connectivity index (χ0) is 9.26. The molecule has 0 aliphatic rings. The van der Waals surface area contributed by atoms with Gasteiger partial charge in [0.15, 0.2) is 0 Å². The van der Waals surface area contributed by atoms with Gasteiger partial charge in [-0.25, -0.2) is 0 Å². The highest BCUT2D eigenvalue weighted by atomic mass is 16.5. The summed E-state index contributed by atoms with van der Waals surface area (Å²) < 4.78 is 6.82. The fourth-order valence-corrected chi connectivity index (χ4v) is 1.22. The van der Waals surface area contributed by atoms with Crippen molar-refractivity contribution in [2.75, 3.05) is 5.73 Å². The molecule has 0 atom stereocenters. The first-order chi connectivity index (χ1) is 6.33. The Labute approximate surface area is 75.1 Å².